The third kappa shape index (κ3) is 5.34. The van der Waals surface area contributed by atoms with E-state index in [0.717, 1.165) is 30.4 Å². The molecular formula is C22H31N5O4. The predicted molar refractivity (Wildman–Crippen MR) is 118 cm³/mol. The number of fused-ring (bicyclic) bond motifs is 3. The number of amides is 3. The maximum atomic E-state index is 12.5. The molecule has 31 heavy (non-hydrogen) atoms. The van der Waals surface area contributed by atoms with Crippen LogP contribution in [0.15, 0.2) is 24.3 Å². The van der Waals surface area contributed by atoms with Gasteiger partial charge in [0, 0.05) is 26.1 Å². The molecular weight excluding hydrogens is 398 g/mol. The fraction of sp³-hybridized carbons (Fsp3) is 0.545. The normalized spacial score (nSPS) is 14.8. The average Bonchev–Trinajstić information content (AvgIpc) is 3.32. The Morgan fingerprint density at radius 3 is 2.68 bits per heavy atom. The van der Waals surface area contributed by atoms with Crippen LogP contribution in [0.25, 0.3) is 11.0 Å². The van der Waals surface area contributed by atoms with Crippen molar-refractivity contribution >= 4 is 34.9 Å². The molecule has 168 valence electrons. The number of aromatic nitrogens is 2. The maximum absolute atomic E-state index is 12.5. The molecule has 0 bridgehead atoms. The molecule has 0 saturated carbocycles. The number of para-hydroxylation sites is 2. The Bertz CT molecular complexity index is 941. The molecule has 9 heteroatoms. The number of hydrogen-bond donors (Lipinski definition) is 3. The number of nitrogens with one attached hydrogen (secondary N) is 2. The summed E-state index contributed by atoms with van der Waals surface area (Å²) in [5.74, 6) is -0.686. The molecule has 0 saturated heterocycles. The van der Waals surface area contributed by atoms with E-state index in [-0.39, 0.29) is 24.3 Å². The third-order valence-corrected chi connectivity index (χ3v) is 5.82. The van der Waals surface area contributed by atoms with Crippen LogP contribution in [0.1, 0.15) is 46.0 Å². The Morgan fingerprint density at radius 1 is 1.16 bits per heavy atom. The van der Waals surface area contributed by atoms with Crippen LogP contribution in [0.2, 0.25) is 0 Å². The van der Waals surface area contributed by atoms with Crippen LogP contribution < -0.4 is 15.5 Å². The number of carboxylic acids is 1. The van der Waals surface area contributed by atoms with Gasteiger partial charge in [-0.15, -0.1) is 0 Å². The van der Waals surface area contributed by atoms with Crippen molar-refractivity contribution in [3.63, 3.8) is 0 Å². The Labute approximate surface area is 181 Å². The van der Waals surface area contributed by atoms with Crippen LogP contribution in [0, 0.1) is 5.92 Å². The summed E-state index contributed by atoms with van der Waals surface area (Å²) in [6.07, 6.45) is 3.13. The molecule has 2 unspecified atom stereocenters. The maximum Gasteiger partial charge on any atom is 0.326 e. The first kappa shape index (κ1) is 22.6. The van der Waals surface area contributed by atoms with E-state index in [2.05, 4.69) is 20.2 Å². The topological polar surface area (TPSA) is 117 Å². The standard InChI is InChI=1S/C22H31N5O4/c1-3-15(2)19(20(29)30)25-18(28)11-5-4-8-12-23-22(31)27-14-13-26-17-10-7-6-9-16(17)24-21(26)27/h6-7,9-10,15,19H,3-5,8,11-14H2,1-2H3,(H,23,31)(H,25,28)(H,29,30). The molecule has 3 N–H and O–H groups in total. The quantitative estimate of drug-likeness (QED) is 0.502. The monoisotopic (exact) mass is 429 g/mol. The molecule has 3 rings (SSSR count). The zero-order valence-electron chi connectivity index (χ0n) is 18.1. The highest BCUT2D eigenvalue weighted by atomic mass is 16.4. The van der Waals surface area contributed by atoms with Crippen LogP contribution >= 0.6 is 0 Å². The molecule has 9 nitrogen and oxygen atoms in total. The predicted octanol–water partition coefficient (Wildman–Crippen LogP) is 2.74. The SMILES string of the molecule is CCC(C)C(NC(=O)CCCCCNC(=O)N1CCn2c1nc1ccccc12)C(=O)O. The molecule has 1 aliphatic rings. The smallest absolute Gasteiger partial charge is 0.326 e. The van der Waals surface area contributed by atoms with E-state index in [0.29, 0.717) is 31.9 Å². The summed E-state index contributed by atoms with van der Waals surface area (Å²) in [4.78, 5) is 42.1. The van der Waals surface area contributed by atoms with E-state index in [9.17, 15) is 19.5 Å². The molecule has 0 fully saturated rings. The Kier molecular flexibility index (Phi) is 7.49. The van der Waals surface area contributed by atoms with Gasteiger partial charge in [-0.1, -0.05) is 38.8 Å². The van der Waals surface area contributed by atoms with Crippen molar-refractivity contribution in [1.29, 1.82) is 0 Å². The van der Waals surface area contributed by atoms with E-state index >= 15 is 0 Å². The highest BCUT2D eigenvalue weighted by Gasteiger charge is 2.28. The molecule has 1 aliphatic heterocycles. The first-order chi connectivity index (χ1) is 14.9. The molecule has 2 aromatic rings. The summed E-state index contributed by atoms with van der Waals surface area (Å²) in [5, 5.41) is 14.8. The second kappa shape index (κ2) is 10.3. The minimum atomic E-state index is -0.999. The summed E-state index contributed by atoms with van der Waals surface area (Å²) in [6.45, 7) is 5.56. The largest absolute Gasteiger partial charge is 0.480 e. The van der Waals surface area contributed by atoms with Gasteiger partial charge in [0.1, 0.15) is 6.04 Å². The van der Waals surface area contributed by atoms with Crippen LogP contribution in [-0.4, -0.2) is 51.7 Å². The van der Waals surface area contributed by atoms with Gasteiger partial charge in [0.2, 0.25) is 11.9 Å². The number of imidazole rings is 1. The average molecular weight is 430 g/mol. The number of unbranched alkanes of at least 4 members (excludes halogenated alkanes) is 2. The number of rotatable bonds is 10. The van der Waals surface area contributed by atoms with Gasteiger partial charge in [-0.05, 0) is 30.9 Å². The van der Waals surface area contributed by atoms with Crippen molar-refractivity contribution in [2.75, 3.05) is 18.0 Å². The summed E-state index contributed by atoms with van der Waals surface area (Å²) in [5.41, 5.74) is 1.91. The summed E-state index contributed by atoms with van der Waals surface area (Å²) >= 11 is 0. The second-order valence-corrected chi connectivity index (χ2v) is 8.02. The first-order valence-electron chi connectivity index (χ1n) is 10.9. The second-order valence-electron chi connectivity index (χ2n) is 8.02. The zero-order chi connectivity index (χ0) is 22.4. The van der Waals surface area contributed by atoms with Gasteiger partial charge >= 0.3 is 12.0 Å². The molecule has 0 spiro atoms. The molecule has 0 radical (unpaired) electrons. The first-order valence-corrected chi connectivity index (χ1v) is 10.9. The van der Waals surface area contributed by atoms with Crippen LogP contribution in [0.4, 0.5) is 10.7 Å². The third-order valence-electron chi connectivity index (χ3n) is 5.82. The zero-order valence-corrected chi connectivity index (χ0v) is 18.1. The van der Waals surface area contributed by atoms with E-state index in [1.54, 1.807) is 4.90 Å². The van der Waals surface area contributed by atoms with Crippen molar-refractivity contribution in [1.82, 2.24) is 20.2 Å². The number of carbonyl (C=O) groups excluding carboxylic acids is 2. The fourth-order valence-electron chi connectivity index (χ4n) is 3.79. The molecule has 2 heterocycles. The number of hydrogen-bond acceptors (Lipinski definition) is 4. The summed E-state index contributed by atoms with van der Waals surface area (Å²) in [6, 6.07) is 6.83. The van der Waals surface area contributed by atoms with Crippen molar-refractivity contribution in [2.45, 2.75) is 58.5 Å². The lowest BCUT2D eigenvalue weighted by molar-refractivity contribution is -0.143. The molecule has 1 aromatic heterocycles. The van der Waals surface area contributed by atoms with Crippen molar-refractivity contribution in [3.8, 4) is 0 Å². The number of aliphatic carboxylic acids is 1. The lowest BCUT2D eigenvalue weighted by Gasteiger charge is -2.20. The highest BCUT2D eigenvalue weighted by Crippen LogP contribution is 2.26. The molecule has 3 amide bonds. The van der Waals surface area contributed by atoms with E-state index < -0.39 is 12.0 Å². The van der Waals surface area contributed by atoms with Gasteiger partial charge in [-0.2, -0.15) is 0 Å². The fourth-order valence-corrected chi connectivity index (χ4v) is 3.79. The lowest BCUT2D eigenvalue weighted by Crippen LogP contribution is -2.44. The number of carbonyl (C=O) groups is 3. The van der Waals surface area contributed by atoms with Gasteiger partial charge in [0.25, 0.3) is 0 Å². The molecule has 0 aliphatic carbocycles. The van der Waals surface area contributed by atoms with Gasteiger partial charge in [0.05, 0.1) is 11.0 Å². The van der Waals surface area contributed by atoms with Gasteiger partial charge < -0.3 is 20.3 Å². The minimum absolute atomic E-state index is 0.115. The lowest BCUT2D eigenvalue weighted by atomic mass is 9.99. The highest BCUT2D eigenvalue weighted by molar-refractivity contribution is 5.93. The summed E-state index contributed by atoms with van der Waals surface area (Å²) < 4.78 is 2.05. The van der Waals surface area contributed by atoms with Crippen molar-refractivity contribution in [2.24, 2.45) is 5.92 Å². The van der Waals surface area contributed by atoms with Gasteiger partial charge in [-0.25, -0.2) is 14.6 Å². The Balaban J connectivity index is 1.36. The number of urea groups is 1. The number of anilines is 1. The number of carboxylic acid groups (broad SMARTS) is 1. The van der Waals surface area contributed by atoms with Crippen LogP contribution in [-0.2, 0) is 16.1 Å². The van der Waals surface area contributed by atoms with Crippen LogP contribution in [0.5, 0.6) is 0 Å². The van der Waals surface area contributed by atoms with Gasteiger partial charge in [-0.3, -0.25) is 9.69 Å². The van der Waals surface area contributed by atoms with E-state index in [1.165, 1.54) is 0 Å². The van der Waals surface area contributed by atoms with E-state index in [4.69, 9.17) is 0 Å². The van der Waals surface area contributed by atoms with Crippen molar-refractivity contribution in [3.05, 3.63) is 24.3 Å². The molecule has 2 atom stereocenters. The number of nitrogens with zero attached hydrogens (tertiary/aromatic N) is 3. The summed E-state index contributed by atoms with van der Waals surface area (Å²) in [7, 11) is 0. The number of benzene rings is 1. The minimum Gasteiger partial charge on any atom is -0.480 e. The Morgan fingerprint density at radius 2 is 1.94 bits per heavy atom. The van der Waals surface area contributed by atoms with E-state index in [1.807, 2.05) is 38.1 Å². The Hall–Kier alpha value is -3.10. The van der Waals surface area contributed by atoms with Gasteiger partial charge in [0.15, 0.2) is 0 Å². The van der Waals surface area contributed by atoms with Crippen molar-refractivity contribution < 1.29 is 19.5 Å². The van der Waals surface area contributed by atoms with Crippen LogP contribution in [0.3, 0.4) is 0 Å². The molecule has 1 aromatic carbocycles.